The van der Waals surface area contributed by atoms with E-state index in [0.29, 0.717) is 6.54 Å². The Labute approximate surface area is 121 Å². The van der Waals surface area contributed by atoms with E-state index in [9.17, 15) is 5.11 Å². The van der Waals surface area contributed by atoms with Gasteiger partial charge in [0.15, 0.2) is 0 Å². The van der Waals surface area contributed by atoms with Gasteiger partial charge in [0, 0.05) is 24.7 Å². The maximum Gasteiger partial charge on any atom is 0.123 e. The van der Waals surface area contributed by atoms with E-state index in [1.54, 1.807) is 7.11 Å². The van der Waals surface area contributed by atoms with Crippen LogP contribution in [0.25, 0.3) is 0 Å². The Bertz CT molecular complexity index is 448. The summed E-state index contributed by atoms with van der Waals surface area (Å²) in [5, 5.41) is 10.2. The molecule has 20 heavy (non-hydrogen) atoms. The summed E-state index contributed by atoms with van der Waals surface area (Å²) in [5.74, 6) is 0.868. The van der Waals surface area contributed by atoms with Crippen LogP contribution in [0.15, 0.2) is 24.3 Å². The summed E-state index contributed by atoms with van der Waals surface area (Å²) in [4.78, 5) is 2.28. The van der Waals surface area contributed by atoms with Crippen LogP contribution in [0.4, 0.5) is 0 Å². The number of hydrogen-bond acceptors (Lipinski definition) is 4. The molecule has 0 aliphatic carbocycles. The topological polar surface area (TPSA) is 58.7 Å². The van der Waals surface area contributed by atoms with Crippen LogP contribution < -0.4 is 10.5 Å². The summed E-state index contributed by atoms with van der Waals surface area (Å²) < 4.78 is 5.49. The molecule has 0 bridgehead atoms. The number of β-amino-alcohol motifs (C(OH)–C–C–N with tert-alkyl or cyclic N) is 1. The summed E-state index contributed by atoms with van der Waals surface area (Å²) >= 11 is 0. The lowest BCUT2D eigenvalue weighted by Crippen LogP contribution is -2.41. The third-order valence-electron chi connectivity index (χ3n) is 4.21. The van der Waals surface area contributed by atoms with Gasteiger partial charge in [-0.05, 0) is 25.8 Å². The lowest BCUT2D eigenvalue weighted by Gasteiger charge is -2.34. The number of nitrogens with zero attached hydrogens (tertiary/aromatic N) is 1. The van der Waals surface area contributed by atoms with Gasteiger partial charge in [-0.15, -0.1) is 0 Å². The van der Waals surface area contributed by atoms with Gasteiger partial charge < -0.3 is 15.6 Å². The van der Waals surface area contributed by atoms with E-state index in [1.165, 1.54) is 0 Å². The third-order valence-corrected chi connectivity index (χ3v) is 4.21. The Morgan fingerprint density at radius 3 is 2.70 bits per heavy atom. The summed E-state index contributed by atoms with van der Waals surface area (Å²) in [6, 6.07) is 8.15. The molecule has 3 atom stereocenters. The average Bonchev–Trinajstić information content (AvgIpc) is 2.79. The van der Waals surface area contributed by atoms with Gasteiger partial charge in [0.25, 0.3) is 0 Å². The SMILES string of the molecule is CCC(N)C(c1ccccc1OC)N1CCC(C)(O)C1. The van der Waals surface area contributed by atoms with Crippen molar-refractivity contribution in [3.63, 3.8) is 0 Å². The average molecular weight is 278 g/mol. The summed E-state index contributed by atoms with van der Waals surface area (Å²) in [7, 11) is 1.69. The molecule has 4 nitrogen and oxygen atoms in total. The van der Waals surface area contributed by atoms with Crippen molar-refractivity contribution >= 4 is 0 Å². The molecule has 0 radical (unpaired) electrons. The monoisotopic (exact) mass is 278 g/mol. The van der Waals surface area contributed by atoms with Crippen molar-refractivity contribution in [2.24, 2.45) is 5.73 Å². The molecule has 0 amide bonds. The summed E-state index contributed by atoms with van der Waals surface area (Å²) in [6.07, 6.45) is 1.68. The highest BCUT2D eigenvalue weighted by atomic mass is 16.5. The zero-order valence-corrected chi connectivity index (χ0v) is 12.7. The number of ether oxygens (including phenoxy) is 1. The molecule has 112 valence electrons. The maximum absolute atomic E-state index is 10.2. The molecule has 0 spiro atoms. The summed E-state index contributed by atoms with van der Waals surface area (Å²) in [5.41, 5.74) is 6.86. The van der Waals surface area contributed by atoms with Crippen LogP contribution in [0.3, 0.4) is 0 Å². The molecule has 1 fully saturated rings. The second kappa shape index (κ2) is 6.12. The van der Waals surface area contributed by atoms with Gasteiger partial charge in [-0.2, -0.15) is 0 Å². The van der Waals surface area contributed by atoms with Crippen molar-refractivity contribution < 1.29 is 9.84 Å². The standard InChI is InChI=1S/C16H26N2O2/c1-4-13(17)15(18-10-9-16(2,19)11-18)12-7-5-6-8-14(12)20-3/h5-8,13,15,19H,4,9-11,17H2,1-3H3. The van der Waals surface area contributed by atoms with Crippen LogP contribution >= 0.6 is 0 Å². The smallest absolute Gasteiger partial charge is 0.123 e. The fourth-order valence-electron chi connectivity index (χ4n) is 3.05. The van der Waals surface area contributed by atoms with Crippen molar-refractivity contribution in [2.45, 2.75) is 44.4 Å². The Morgan fingerprint density at radius 1 is 1.45 bits per heavy atom. The van der Waals surface area contributed by atoms with Crippen molar-refractivity contribution in [3.8, 4) is 5.75 Å². The highest BCUT2D eigenvalue weighted by molar-refractivity contribution is 5.37. The van der Waals surface area contributed by atoms with Crippen LogP contribution in [0.2, 0.25) is 0 Å². The molecule has 4 heteroatoms. The minimum absolute atomic E-state index is 0.0280. The quantitative estimate of drug-likeness (QED) is 0.864. The van der Waals surface area contributed by atoms with Crippen LogP contribution in [0, 0.1) is 0 Å². The van der Waals surface area contributed by atoms with Gasteiger partial charge in [0.05, 0.1) is 18.8 Å². The first-order valence-corrected chi connectivity index (χ1v) is 7.33. The lowest BCUT2D eigenvalue weighted by molar-refractivity contribution is 0.0590. The first kappa shape index (κ1) is 15.3. The highest BCUT2D eigenvalue weighted by Gasteiger charge is 2.38. The van der Waals surface area contributed by atoms with Crippen LogP contribution in [0.5, 0.6) is 5.75 Å². The minimum atomic E-state index is -0.617. The predicted octanol–water partition coefficient (Wildman–Crippen LogP) is 1.93. The second-order valence-corrected chi connectivity index (χ2v) is 5.98. The first-order valence-electron chi connectivity index (χ1n) is 7.33. The van der Waals surface area contributed by atoms with Gasteiger partial charge in [0.2, 0.25) is 0 Å². The van der Waals surface area contributed by atoms with Gasteiger partial charge in [0.1, 0.15) is 5.75 Å². The van der Waals surface area contributed by atoms with Crippen LogP contribution in [0.1, 0.15) is 38.3 Å². The van der Waals surface area contributed by atoms with E-state index < -0.39 is 5.60 Å². The van der Waals surface area contributed by atoms with E-state index in [2.05, 4.69) is 17.9 Å². The van der Waals surface area contributed by atoms with Gasteiger partial charge >= 0.3 is 0 Å². The number of hydrogen-bond donors (Lipinski definition) is 2. The molecule has 1 heterocycles. The fourth-order valence-corrected chi connectivity index (χ4v) is 3.05. The third kappa shape index (κ3) is 3.14. The zero-order chi connectivity index (χ0) is 14.8. The molecule has 1 aromatic carbocycles. The number of likely N-dealkylation sites (tertiary alicyclic amines) is 1. The highest BCUT2D eigenvalue weighted by Crippen LogP contribution is 2.36. The largest absolute Gasteiger partial charge is 0.496 e. The lowest BCUT2D eigenvalue weighted by atomic mass is 9.95. The van der Waals surface area contributed by atoms with Gasteiger partial charge in [-0.3, -0.25) is 4.90 Å². The van der Waals surface area contributed by atoms with Crippen molar-refractivity contribution in [1.29, 1.82) is 0 Å². The van der Waals surface area contributed by atoms with Gasteiger partial charge in [-0.25, -0.2) is 0 Å². The molecule has 3 unspecified atom stereocenters. The Hall–Kier alpha value is -1.10. The zero-order valence-electron chi connectivity index (χ0n) is 12.7. The molecule has 1 aliphatic heterocycles. The maximum atomic E-state index is 10.2. The van der Waals surface area contributed by atoms with Crippen LogP contribution in [-0.4, -0.2) is 41.8 Å². The number of nitrogens with two attached hydrogens (primary N) is 1. The molecule has 0 saturated carbocycles. The number of para-hydroxylation sites is 1. The fraction of sp³-hybridized carbons (Fsp3) is 0.625. The number of methoxy groups -OCH3 is 1. The number of benzene rings is 1. The van der Waals surface area contributed by atoms with Crippen molar-refractivity contribution in [1.82, 2.24) is 4.90 Å². The number of rotatable bonds is 5. The van der Waals surface area contributed by atoms with Gasteiger partial charge in [-0.1, -0.05) is 25.1 Å². The van der Waals surface area contributed by atoms with E-state index in [4.69, 9.17) is 10.5 Å². The van der Waals surface area contributed by atoms with Crippen molar-refractivity contribution in [2.75, 3.05) is 20.2 Å². The van der Waals surface area contributed by atoms with E-state index in [0.717, 1.165) is 30.7 Å². The molecule has 2 rings (SSSR count). The second-order valence-electron chi connectivity index (χ2n) is 5.98. The van der Waals surface area contributed by atoms with Crippen molar-refractivity contribution in [3.05, 3.63) is 29.8 Å². The first-order chi connectivity index (χ1) is 9.48. The van der Waals surface area contributed by atoms with Crippen LogP contribution in [-0.2, 0) is 0 Å². The molecule has 1 aromatic rings. The predicted molar refractivity (Wildman–Crippen MR) is 80.8 cm³/mol. The minimum Gasteiger partial charge on any atom is -0.496 e. The Morgan fingerprint density at radius 2 is 2.15 bits per heavy atom. The van der Waals surface area contributed by atoms with E-state index in [1.807, 2.05) is 25.1 Å². The molecular formula is C16H26N2O2. The summed E-state index contributed by atoms with van der Waals surface area (Å²) in [6.45, 7) is 5.51. The molecule has 1 aliphatic rings. The molecule has 0 aromatic heterocycles. The van der Waals surface area contributed by atoms with E-state index >= 15 is 0 Å². The molecule has 3 N–H and O–H groups in total. The normalized spacial score (nSPS) is 26.4. The van der Waals surface area contributed by atoms with E-state index in [-0.39, 0.29) is 12.1 Å². The molecule has 1 saturated heterocycles. The molecular weight excluding hydrogens is 252 g/mol. The Balaban J connectivity index is 2.33. The Kier molecular flexibility index (Phi) is 4.68. The number of aliphatic hydroxyl groups is 1.